The lowest BCUT2D eigenvalue weighted by Gasteiger charge is -2.28. The van der Waals surface area contributed by atoms with Crippen LogP contribution in [0.25, 0.3) is 0 Å². The van der Waals surface area contributed by atoms with Gasteiger partial charge in [-0.05, 0) is 30.0 Å². The predicted octanol–water partition coefficient (Wildman–Crippen LogP) is 1.87. The summed E-state index contributed by atoms with van der Waals surface area (Å²) in [6.45, 7) is 4.15. The number of nitrogens with two attached hydrogens (primary N) is 1. The molecule has 0 aliphatic heterocycles. The first-order valence-electron chi connectivity index (χ1n) is 5.81. The summed E-state index contributed by atoms with van der Waals surface area (Å²) in [4.78, 5) is 0. The molecule has 0 saturated carbocycles. The second-order valence-electron chi connectivity index (χ2n) is 4.55. The van der Waals surface area contributed by atoms with Crippen molar-refractivity contribution in [3.05, 3.63) is 35.6 Å². The minimum Gasteiger partial charge on any atom is -0.380 e. The Hall–Kier alpha value is -0.970. The summed E-state index contributed by atoms with van der Waals surface area (Å²) in [6.07, 6.45) is 0.647. The molecule has 0 amide bonds. The summed E-state index contributed by atoms with van der Waals surface area (Å²) in [7, 11) is 1.67. The molecule has 1 rings (SSSR count). The maximum atomic E-state index is 13.1. The van der Waals surface area contributed by atoms with E-state index in [4.69, 9.17) is 10.6 Å². The zero-order valence-electron chi connectivity index (χ0n) is 10.6. The fourth-order valence-corrected chi connectivity index (χ4v) is 2.09. The molecule has 2 unspecified atom stereocenters. The van der Waals surface area contributed by atoms with Crippen LogP contribution in [0.2, 0.25) is 0 Å². The number of hydrogen-bond donors (Lipinski definition) is 2. The molecular formula is C13H21FN2O. The van der Waals surface area contributed by atoms with Crippen molar-refractivity contribution in [2.24, 2.45) is 11.8 Å². The van der Waals surface area contributed by atoms with Gasteiger partial charge in [0.05, 0.1) is 12.1 Å². The maximum Gasteiger partial charge on any atom is 0.123 e. The first-order valence-corrected chi connectivity index (χ1v) is 5.81. The molecule has 4 heteroatoms. The molecule has 0 heterocycles. The molecule has 1 aromatic rings. The molecule has 3 N–H and O–H groups in total. The number of hydrogen-bond acceptors (Lipinski definition) is 3. The van der Waals surface area contributed by atoms with Crippen molar-refractivity contribution >= 4 is 0 Å². The average Bonchev–Trinajstić information content (AvgIpc) is 2.28. The van der Waals surface area contributed by atoms with Gasteiger partial charge >= 0.3 is 0 Å². The van der Waals surface area contributed by atoms with E-state index in [2.05, 4.69) is 19.3 Å². The first-order chi connectivity index (χ1) is 8.08. The van der Waals surface area contributed by atoms with Crippen molar-refractivity contribution in [1.29, 1.82) is 0 Å². The number of nitrogens with one attached hydrogen (secondary N) is 1. The Kier molecular flexibility index (Phi) is 5.55. The van der Waals surface area contributed by atoms with Gasteiger partial charge < -0.3 is 4.74 Å². The zero-order chi connectivity index (χ0) is 12.8. The molecule has 3 nitrogen and oxygen atoms in total. The fraction of sp³-hybridized carbons (Fsp3) is 0.538. The van der Waals surface area contributed by atoms with Crippen LogP contribution >= 0.6 is 0 Å². The monoisotopic (exact) mass is 240 g/mol. The van der Waals surface area contributed by atoms with E-state index in [1.165, 1.54) is 12.1 Å². The lowest BCUT2D eigenvalue weighted by atomic mass is 9.94. The van der Waals surface area contributed by atoms with E-state index in [1.807, 2.05) is 6.07 Å². The third-order valence-corrected chi connectivity index (χ3v) is 2.88. The minimum atomic E-state index is -0.225. The highest BCUT2D eigenvalue weighted by atomic mass is 19.1. The summed E-state index contributed by atoms with van der Waals surface area (Å²) in [6, 6.07) is 6.53. The normalized spacial score (nSPS) is 14.9. The molecule has 0 aliphatic rings. The molecule has 0 aliphatic carbocycles. The van der Waals surface area contributed by atoms with E-state index in [1.54, 1.807) is 13.2 Å². The van der Waals surface area contributed by atoms with Gasteiger partial charge in [-0.1, -0.05) is 26.0 Å². The molecule has 0 aromatic heterocycles. The lowest BCUT2D eigenvalue weighted by molar-refractivity contribution is 0.0332. The Balaban J connectivity index is 2.75. The van der Waals surface area contributed by atoms with E-state index in [0.29, 0.717) is 12.3 Å². The van der Waals surface area contributed by atoms with Gasteiger partial charge in [0.1, 0.15) is 5.82 Å². The molecule has 0 fully saturated rings. The Labute approximate surface area is 102 Å². The number of benzene rings is 1. The van der Waals surface area contributed by atoms with Crippen molar-refractivity contribution in [3.63, 3.8) is 0 Å². The van der Waals surface area contributed by atoms with Gasteiger partial charge in [-0.25, -0.2) is 4.39 Å². The number of ether oxygens (including phenoxy) is 1. The maximum absolute atomic E-state index is 13.1. The van der Waals surface area contributed by atoms with E-state index in [0.717, 1.165) is 5.56 Å². The number of rotatable bonds is 6. The van der Waals surface area contributed by atoms with Gasteiger partial charge in [-0.3, -0.25) is 11.3 Å². The SMILES string of the molecule is COC(C(C)C)C(Cc1cccc(F)c1)NN. The molecule has 0 saturated heterocycles. The number of methoxy groups -OCH3 is 1. The van der Waals surface area contributed by atoms with Crippen LogP contribution in [0.1, 0.15) is 19.4 Å². The molecular weight excluding hydrogens is 219 g/mol. The van der Waals surface area contributed by atoms with Crippen LogP contribution < -0.4 is 11.3 Å². The van der Waals surface area contributed by atoms with E-state index < -0.39 is 0 Å². The average molecular weight is 240 g/mol. The predicted molar refractivity (Wildman–Crippen MR) is 66.9 cm³/mol. The molecule has 2 atom stereocenters. The largest absolute Gasteiger partial charge is 0.380 e. The van der Waals surface area contributed by atoms with Crippen molar-refractivity contribution in [2.75, 3.05) is 7.11 Å². The van der Waals surface area contributed by atoms with Crippen LogP contribution in [0.4, 0.5) is 4.39 Å². The Morgan fingerprint density at radius 2 is 2.12 bits per heavy atom. The summed E-state index contributed by atoms with van der Waals surface area (Å²) in [5.41, 5.74) is 3.67. The van der Waals surface area contributed by atoms with E-state index in [9.17, 15) is 4.39 Å². The summed E-state index contributed by atoms with van der Waals surface area (Å²) in [5.74, 6) is 5.67. The third-order valence-electron chi connectivity index (χ3n) is 2.88. The van der Waals surface area contributed by atoms with Crippen molar-refractivity contribution in [3.8, 4) is 0 Å². The van der Waals surface area contributed by atoms with Crippen molar-refractivity contribution in [2.45, 2.75) is 32.4 Å². The highest BCUT2D eigenvalue weighted by molar-refractivity contribution is 5.17. The van der Waals surface area contributed by atoms with Crippen LogP contribution in [0.3, 0.4) is 0 Å². The summed E-state index contributed by atoms with van der Waals surface area (Å²) in [5, 5.41) is 0. The highest BCUT2D eigenvalue weighted by Gasteiger charge is 2.23. The highest BCUT2D eigenvalue weighted by Crippen LogP contribution is 2.15. The van der Waals surface area contributed by atoms with Crippen molar-refractivity contribution < 1.29 is 9.13 Å². The molecule has 17 heavy (non-hydrogen) atoms. The smallest absolute Gasteiger partial charge is 0.123 e. The van der Waals surface area contributed by atoms with Gasteiger partial charge in [-0.15, -0.1) is 0 Å². The lowest BCUT2D eigenvalue weighted by Crippen LogP contribution is -2.48. The van der Waals surface area contributed by atoms with Gasteiger partial charge in [0, 0.05) is 7.11 Å². The summed E-state index contributed by atoms with van der Waals surface area (Å²) < 4.78 is 18.5. The zero-order valence-corrected chi connectivity index (χ0v) is 10.6. The molecule has 0 spiro atoms. The van der Waals surface area contributed by atoms with Crippen LogP contribution in [0.5, 0.6) is 0 Å². The standard InChI is InChI=1S/C13H21FN2O/c1-9(2)13(17-3)12(16-15)8-10-5-4-6-11(14)7-10/h4-7,9,12-13,16H,8,15H2,1-3H3. The molecule has 96 valence electrons. The fourth-order valence-electron chi connectivity index (χ4n) is 2.09. The van der Waals surface area contributed by atoms with Gasteiger partial charge in [0.2, 0.25) is 0 Å². The second kappa shape index (κ2) is 6.69. The summed E-state index contributed by atoms with van der Waals surface area (Å²) >= 11 is 0. The van der Waals surface area contributed by atoms with Gasteiger partial charge in [0.15, 0.2) is 0 Å². The Morgan fingerprint density at radius 1 is 1.41 bits per heavy atom. The minimum absolute atomic E-state index is 0.00303. The van der Waals surface area contributed by atoms with Crippen molar-refractivity contribution in [1.82, 2.24) is 5.43 Å². The van der Waals surface area contributed by atoms with Crippen LogP contribution in [-0.2, 0) is 11.2 Å². The van der Waals surface area contributed by atoms with E-state index >= 15 is 0 Å². The van der Waals surface area contributed by atoms with Gasteiger partial charge in [-0.2, -0.15) is 0 Å². The Bertz CT molecular complexity index is 344. The van der Waals surface area contributed by atoms with Crippen LogP contribution in [0, 0.1) is 11.7 Å². The van der Waals surface area contributed by atoms with Crippen LogP contribution in [-0.4, -0.2) is 19.3 Å². The molecule has 0 bridgehead atoms. The Morgan fingerprint density at radius 3 is 2.59 bits per heavy atom. The number of halogens is 1. The molecule has 0 radical (unpaired) electrons. The number of hydrazine groups is 1. The van der Waals surface area contributed by atoms with Crippen LogP contribution in [0.15, 0.2) is 24.3 Å². The third kappa shape index (κ3) is 4.07. The quantitative estimate of drug-likeness (QED) is 0.589. The first kappa shape index (κ1) is 14.1. The second-order valence-corrected chi connectivity index (χ2v) is 4.55. The van der Waals surface area contributed by atoms with E-state index in [-0.39, 0.29) is 18.0 Å². The van der Waals surface area contributed by atoms with Gasteiger partial charge in [0.25, 0.3) is 0 Å². The topological polar surface area (TPSA) is 47.3 Å². The molecule has 1 aromatic carbocycles.